The first-order valence-electron chi connectivity index (χ1n) is 6.18. The predicted octanol–water partition coefficient (Wildman–Crippen LogP) is 2.99. The molecule has 0 amide bonds. The standard InChI is InChI=1S/C13H25N3/c1-6-7-14-8-12-9-15-10-16(12)11(2)13(3,4)5/h9-11,14H,6-8H2,1-5H3. The van der Waals surface area contributed by atoms with E-state index in [0.717, 1.165) is 13.1 Å². The molecule has 92 valence electrons. The van der Waals surface area contributed by atoms with Gasteiger partial charge in [0.2, 0.25) is 0 Å². The molecule has 0 aliphatic carbocycles. The summed E-state index contributed by atoms with van der Waals surface area (Å²) in [6.45, 7) is 13.2. The maximum atomic E-state index is 4.26. The lowest BCUT2D eigenvalue weighted by atomic mass is 9.88. The van der Waals surface area contributed by atoms with E-state index in [1.54, 1.807) is 0 Å². The van der Waals surface area contributed by atoms with E-state index < -0.39 is 0 Å². The Balaban J connectivity index is 2.70. The molecule has 16 heavy (non-hydrogen) atoms. The van der Waals surface area contributed by atoms with E-state index in [-0.39, 0.29) is 5.41 Å². The lowest BCUT2D eigenvalue weighted by molar-refractivity contribution is 0.257. The van der Waals surface area contributed by atoms with E-state index in [1.165, 1.54) is 12.1 Å². The summed E-state index contributed by atoms with van der Waals surface area (Å²) in [6.07, 6.45) is 5.08. The van der Waals surface area contributed by atoms with Crippen LogP contribution in [0.25, 0.3) is 0 Å². The summed E-state index contributed by atoms with van der Waals surface area (Å²) in [4.78, 5) is 4.26. The molecule has 3 heteroatoms. The van der Waals surface area contributed by atoms with Gasteiger partial charge in [-0.3, -0.25) is 0 Å². The highest BCUT2D eigenvalue weighted by atomic mass is 15.1. The van der Waals surface area contributed by atoms with E-state index in [1.807, 2.05) is 12.5 Å². The molecule has 0 aliphatic heterocycles. The summed E-state index contributed by atoms with van der Waals surface area (Å²) in [6, 6.07) is 0.466. The minimum Gasteiger partial charge on any atom is -0.330 e. The first kappa shape index (κ1) is 13.2. The molecule has 1 N–H and O–H groups in total. The molecule has 1 rings (SSSR count). The Bertz CT molecular complexity index is 309. The number of hydrogen-bond donors (Lipinski definition) is 1. The van der Waals surface area contributed by atoms with Crippen molar-refractivity contribution < 1.29 is 0 Å². The Morgan fingerprint density at radius 3 is 2.69 bits per heavy atom. The Morgan fingerprint density at radius 1 is 1.44 bits per heavy atom. The highest BCUT2D eigenvalue weighted by Crippen LogP contribution is 2.30. The number of hydrogen-bond acceptors (Lipinski definition) is 2. The molecule has 1 atom stereocenters. The summed E-state index contributed by atoms with van der Waals surface area (Å²) in [5, 5.41) is 3.42. The summed E-state index contributed by atoms with van der Waals surface area (Å²) in [7, 11) is 0. The Morgan fingerprint density at radius 2 is 2.12 bits per heavy atom. The van der Waals surface area contributed by atoms with Crippen molar-refractivity contribution in [1.29, 1.82) is 0 Å². The molecule has 0 fully saturated rings. The van der Waals surface area contributed by atoms with Crippen LogP contribution < -0.4 is 5.32 Å². The molecule has 0 bridgehead atoms. The van der Waals surface area contributed by atoms with Crippen molar-refractivity contribution in [2.75, 3.05) is 6.54 Å². The monoisotopic (exact) mass is 223 g/mol. The van der Waals surface area contributed by atoms with Crippen molar-refractivity contribution in [3.8, 4) is 0 Å². The Labute approximate surface area is 99.3 Å². The molecule has 1 aromatic heterocycles. The average Bonchev–Trinajstić information content (AvgIpc) is 2.64. The first-order valence-corrected chi connectivity index (χ1v) is 6.18. The fourth-order valence-corrected chi connectivity index (χ4v) is 1.63. The molecule has 0 aromatic carbocycles. The summed E-state index contributed by atoms with van der Waals surface area (Å²) >= 11 is 0. The molecule has 0 aliphatic rings. The summed E-state index contributed by atoms with van der Waals surface area (Å²) < 4.78 is 2.28. The van der Waals surface area contributed by atoms with Crippen LogP contribution in [0.2, 0.25) is 0 Å². The van der Waals surface area contributed by atoms with Gasteiger partial charge in [0.1, 0.15) is 0 Å². The summed E-state index contributed by atoms with van der Waals surface area (Å²) in [5.41, 5.74) is 1.54. The maximum Gasteiger partial charge on any atom is 0.0951 e. The van der Waals surface area contributed by atoms with Crippen molar-refractivity contribution in [2.45, 2.75) is 53.6 Å². The predicted molar refractivity (Wildman–Crippen MR) is 68.4 cm³/mol. The normalized spacial score (nSPS) is 14.1. The van der Waals surface area contributed by atoms with Crippen LogP contribution in [0.4, 0.5) is 0 Å². The van der Waals surface area contributed by atoms with Crippen molar-refractivity contribution >= 4 is 0 Å². The SMILES string of the molecule is CCCNCc1cncn1C(C)C(C)(C)C. The van der Waals surface area contributed by atoms with Crippen LogP contribution in [0.3, 0.4) is 0 Å². The molecule has 1 heterocycles. The molecule has 0 saturated carbocycles. The molecular weight excluding hydrogens is 198 g/mol. The van der Waals surface area contributed by atoms with E-state index in [0.29, 0.717) is 6.04 Å². The largest absolute Gasteiger partial charge is 0.330 e. The number of nitrogens with one attached hydrogen (secondary N) is 1. The van der Waals surface area contributed by atoms with Gasteiger partial charge in [-0.25, -0.2) is 4.98 Å². The highest BCUT2D eigenvalue weighted by molar-refractivity contribution is 5.01. The molecule has 0 spiro atoms. The number of imidazole rings is 1. The molecule has 0 radical (unpaired) electrons. The first-order chi connectivity index (χ1) is 7.46. The third-order valence-electron chi connectivity index (χ3n) is 3.15. The second-order valence-electron chi connectivity index (χ2n) is 5.51. The zero-order chi connectivity index (χ0) is 12.2. The Hall–Kier alpha value is -0.830. The molecule has 0 saturated heterocycles. The van der Waals surface area contributed by atoms with Gasteiger partial charge in [-0.2, -0.15) is 0 Å². The molecular formula is C13H25N3. The third-order valence-corrected chi connectivity index (χ3v) is 3.15. The number of aromatic nitrogens is 2. The zero-order valence-corrected chi connectivity index (χ0v) is 11.2. The number of nitrogens with zero attached hydrogens (tertiary/aromatic N) is 2. The van der Waals surface area contributed by atoms with Gasteiger partial charge in [0.25, 0.3) is 0 Å². The molecule has 1 unspecified atom stereocenters. The van der Waals surface area contributed by atoms with Crippen LogP contribution in [-0.2, 0) is 6.54 Å². The van der Waals surface area contributed by atoms with Crippen LogP contribution in [0, 0.1) is 5.41 Å². The van der Waals surface area contributed by atoms with Gasteiger partial charge >= 0.3 is 0 Å². The lowest BCUT2D eigenvalue weighted by Gasteiger charge is -2.29. The van der Waals surface area contributed by atoms with Crippen LogP contribution in [-0.4, -0.2) is 16.1 Å². The number of rotatable bonds is 5. The van der Waals surface area contributed by atoms with E-state index in [9.17, 15) is 0 Å². The van der Waals surface area contributed by atoms with Crippen LogP contribution in [0.15, 0.2) is 12.5 Å². The highest BCUT2D eigenvalue weighted by Gasteiger charge is 2.22. The third kappa shape index (κ3) is 3.34. The van der Waals surface area contributed by atoms with Crippen molar-refractivity contribution in [3.05, 3.63) is 18.2 Å². The lowest BCUT2D eigenvalue weighted by Crippen LogP contribution is -2.24. The minimum absolute atomic E-state index is 0.264. The maximum absolute atomic E-state index is 4.26. The fraction of sp³-hybridized carbons (Fsp3) is 0.769. The van der Waals surface area contributed by atoms with Gasteiger partial charge in [0.15, 0.2) is 0 Å². The van der Waals surface area contributed by atoms with E-state index in [4.69, 9.17) is 0 Å². The van der Waals surface area contributed by atoms with Gasteiger partial charge in [-0.1, -0.05) is 27.7 Å². The second-order valence-corrected chi connectivity index (χ2v) is 5.51. The van der Waals surface area contributed by atoms with Gasteiger partial charge < -0.3 is 9.88 Å². The van der Waals surface area contributed by atoms with E-state index >= 15 is 0 Å². The van der Waals surface area contributed by atoms with Gasteiger partial charge in [-0.15, -0.1) is 0 Å². The van der Waals surface area contributed by atoms with Gasteiger partial charge in [0.05, 0.1) is 12.0 Å². The average molecular weight is 223 g/mol. The van der Waals surface area contributed by atoms with Crippen LogP contribution in [0.1, 0.15) is 52.8 Å². The van der Waals surface area contributed by atoms with Crippen molar-refractivity contribution in [2.24, 2.45) is 5.41 Å². The van der Waals surface area contributed by atoms with Gasteiger partial charge in [-0.05, 0) is 25.3 Å². The Kier molecular flexibility index (Phi) is 4.54. The molecule has 3 nitrogen and oxygen atoms in total. The van der Waals surface area contributed by atoms with Crippen LogP contribution >= 0.6 is 0 Å². The smallest absolute Gasteiger partial charge is 0.0951 e. The van der Waals surface area contributed by atoms with Crippen molar-refractivity contribution in [3.63, 3.8) is 0 Å². The topological polar surface area (TPSA) is 29.9 Å². The fourth-order valence-electron chi connectivity index (χ4n) is 1.63. The van der Waals surface area contributed by atoms with Crippen LogP contribution in [0.5, 0.6) is 0 Å². The molecule has 1 aromatic rings. The quantitative estimate of drug-likeness (QED) is 0.778. The summed E-state index contributed by atoms with van der Waals surface area (Å²) in [5.74, 6) is 0. The minimum atomic E-state index is 0.264. The van der Waals surface area contributed by atoms with Crippen molar-refractivity contribution in [1.82, 2.24) is 14.9 Å². The zero-order valence-electron chi connectivity index (χ0n) is 11.2. The second kappa shape index (κ2) is 5.48. The van der Waals surface area contributed by atoms with E-state index in [2.05, 4.69) is 49.5 Å². The van der Waals surface area contributed by atoms with Gasteiger partial charge in [0, 0.05) is 18.8 Å².